The third kappa shape index (κ3) is 4.79. The Morgan fingerprint density at radius 3 is 2.39 bits per heavy atom. The van der Waals surface area contributed by atoms with Crippen molar-refractivity contribution in [2.45, 2.75) is 17.1 Å². The summed E-state index contributed by atoms with van der Waals surface area (Å²) in [6.07, 6.45) is 2.36. The Morgan fingerprint density at radius 2 is 1.77 bits per heavy atom. The first kappa shape index (κ1) is 21.5. The summed E-state index contributed by atoms with van der Waals surface area (Å²) in [6.45, 7) is 0.803. The maximum atomic E-state index is 13.5. The molecule has 2 atom stereocenters. The number of carbonyl (C=O) groups is 1. The number of benzene rings is 2. The largest absolute Gasteiger partial charge is 0.497 e. The Kier molecular flexibility index (Phi) is 6.08. The fraction of sp³-hybridized carbons (Fsp3) is 0.318. The molecule has 1 amide bonds. The number of amides is 1. The van der Waals surface area contributed by atoms with E-state index in [4.69, 9.17) is 9.47 Å². The summed E-state index contributed by atoms with van der Waals surface area (Å²) < 4.78 is 51.6. The van der Waals surface area contributed by atoms with Gasteiger partial charge in [-0.2, -0.15) is 4.31 Å². The molecule has 0 aliphatic carbocycles. The van der Waals surface area contributed by atoms with Crippen LogP contribution in [0.2, 0.25) is 0 Å². The Morgan fingerprint density at radius 1 is 1.10 bits per heavy atom. The lowest BCUT2D eigenvalue weighted by Crippen LogP contribution is -2.61. The normalized spacial score (nSPS) is 21.9. The highest BCUT2D eigenvalue weighted by Gasteiger charge is 2.40. The number of morpholine rings is 2. The van der Waals surface area contributed by atoms with Gasteiger partial charge in [-0.15, -0.1) is 0 Å². The van der Waals surface area contributed by atoms with E-state index in [1.54, 1.807) is 18.1 Å². The molecule has 0 N–H and O–H groups in total. The molecule has 2 aliphatic rings. The maximum absolute atomic E-state index is 13.5. The minimum Gasteiger partial charge on any atom is -0.497 e. The van der Waals surface area contributed by atoms with Crippen LogP contribution in [0.1, 0.15) is 5.56 Å². The zero-order valence-electron chi connectivity index (χ0n) is 17.0. The quantitative estimate of drug-likeness (QED) is 0.658. The van der Waals surface area contributed by atoms with Crippen molar-refractivity contribution in [3.63, 3.8) is 0 Å². The second-order valence-electron chi connectivity index (χ2n) is 7.51. The first-order valence-corrected chi connectivity index (χ1v) is 11.3. The van der Waals surface area contributed by atoms with Crippen molar-refractivity contribution in [3.05, 3.63) is 66.0 Å². The van der Waals surface area contributed by atoms with Crippen molar-refractivity contribution in [1.82, 2.24) is 9.21 Å². The predicted octanol–water partition coefficient (Wildman–Crippen LogP) is 2.15. The summed E-state index contributed by atoms with van der Waals surface area (Å²) in [4.78, 5) is 14.2. The van der Waals surface area contributed by atoms with E-state index in [-0.39, 0.29) is 37.0 Å². The molecular formula is C22H23FN2O5S. The van der Waals surface area contributed by atoms with Crippen molar-refractivity contribution < 1.29 is 27.1 Å². The number of carbonyl (C=O) groups excluding carboxylic acids is 1. The first-order valence-electron chi connectivity index (χ1n) is 9.87. The van der Waals surface area contributed by atoms with Crippen molar-refractivity contribution in [2.75, 3.05) is 33.3 Å². The molecule has 2 fully saturated rings. The molecule has 2 aromatic rings. The number of halogens is 1. The van der Waals surface area contributed by atoms with Gasteiger partial charge in [-0.25, -0.2) is 12.8 Å². The van der Waals surface area contributed by atoms with Crippen LogP contribution >= 0.6 is 0 Å². The highest BCUT2D eigenvalue weighted by Crippen LogP contribution is 2.25. The lowest BCUT2D eigenvalue weighted by atomic mass is 10.1. The Bertz CT molecular complexity index is 1070. The molecule has 9 heteroatoms. The smallest absolute Gasteiger partial charge is 0.246 e. The van der Waals surface area contributed by atoms with Crippen LogP contribution in [-0.4, -0.2) is 69.0 Å². The second-order valence-corrected chi connectivity index (χ2v) is 9.45. The zero-order chi connectivity index (χ0) is 22.0. The molecular weight excluding hydrogens is 423 g/mol. The van der Waals surface area contributed by atoms with Crippen LogP contribution < -0.4 is 4.74 Å². The molecule has 0 spiro atoms. The van der Waals surface area contributed by atoms with Gasteiger partial charge in [0.15, 0.2) is 0 Å². The molecule has 0 radical (unpaired) electrons. The minimum absolute atomic E-state index is 0.0807. The molecule has 0 saturated carbocycles. The molecule has 0 aromatic heterocycles. The maximum Gasteiger partial charge on any atom is 0.246 e. The fourth-order valence-electron chi connectivity index (χ4n) is 3.80. The number of rotatable bonds is 5. The number of fused-ring (bicyclic) bond motifs is 2. The molecule has 2 saturated heterocycles. The molecule has 2 aromatic carbocycles. The van der Waals surface area contributed by atoms with E-state index in [1.807, 2.05) is 24.3 Å². The summed E-state index contributed by atoms with van der Waals surface area (Å²) in [7, 11) is -2.24. The van der Waals surface area contributed by atoms with Gasteiger partial charge < -0.3 is 14.4 Å². The lowest BCUT2D eigenvalue weighted by molar-refractivity contribution is -0.150. The number of sulfonamides is 1. The van der Waals surface area contributed by atoms with Gasteiger partial charge in [-0.1, -0.05) is 18.2 Å². The molecule has 2 heterocycles. The summed E-state index contributed by atoms with van der Waals surface area (Å²) >= 11 is 0. The third-order valence-corrected chi connectivity index (χ3v) is 7.15. The summed E-state index contributed by atoms with van der Waals surface area (Å²) in [5.74, 6) is -0.0206. The molecule has 4 rings (SSSR count). The van der Waals surface area contributed by atoms with Crippen LogP contribution in [0, 0.1) is 5.82 Å². The fourth-order valence-corrected chi connectivity index (χ4v) is 5.33. The molecule has 2 aliphatic heterocycles. The number of hydrogen-bond donors (Lipinski definition) is 0. The number of nitrogens with zero attached hydrogens (tertiary/aromatic N) is 2. The zero-order valence-corrected chi connectivity index (χ0v) is 17.8. The number of ether oxygens (including phenoxy) is 2. The van der Waals surface area contributed by atoms with E-state index in [9.17, 15) is 17.6 Å². The molecule has 7 nitrogen and oxygen atoms in total. The van der Waals surface area contributed by atoms with E-state index in [0.29, 0.717) is 0 Å². The number of hydrogen-bond acceptors (Lipinski definition) is 5. The van der Waals surface area contributed by atoms with Crippen molar-refractivity contribution >= 4 is 22.0 Å². The third-order valence-electron chi connectivity index (χ3n) is 5.33. The van der Waals surface area contributed by atoms with Crippen LogP contribution in [-0.2, 0) is 19.6 Å². The van der Waals surface area contributed by atoms with Gasteiger partial charge >= 0.3 is 0 Å². The van der Waals surface area contributed by atoms with Gasteiger partial charge in [0.1, 0.15) is 11.6 Å². The molecule has 31 heavy (non-hydrogen) atoms. The minimum atomic E-state index is -3.83. The monoisotopic (exact) mass is 446 g/mol. The summed E-state index contributed by atoms with van der Waals surface area (Å²) in [5, 5.41) is 0. The van der Waals surface area contributed by atoms with Crippen molar-refractivity contribution in [1.29, 1.82) is 0 Å². The predicted molar refractivity (Wildman–Crippen MR) is 112 cm³/mol. The van der Waals surface area contributed by atoms with Crippen LogP contribution in [0.5, 0.6) is 5.75 Å². The van der Waals surface area contributed by atoms with Crippen LogP contribution in [0.4, 0.5) is 4.39 Å². The van der Waals surface area contributed by atoms with E-state index < -0.39 is 28.0 Å². The topological polar surface area (TPSA) is 76.2 Å². The second kappa shape index (κ2) is 8.78. The SMILES string of the molecule is COc1ccc(C=CC(=O)N2CC3CN(S(=O)(=O)c4cccc(F)c4)CC(C2)O3)cc1. The van der Waals surface area contributed by atoms with Gasteiger partial charge in [0, 0.05) is 32.3 Å². The Hall–Kier alpha value is -2.75. The van der Waals surface area contributed by atoms with Crippen molar-refractivity contribution in [2.24, 2.45) is 0 Å². The average Bonchev–Trinajstić information content (AvgIpc) is 2.77. The van der Waals surface area contributed by atoms with Crippen LogP contribution in [0.25, 0.3) is 6.08 Å². The average molecular weight is 447 g/mol. The van der Waals surface area contributed by atoms with Gasteiger partial charge in [0.2, 0.25) is 15.9 Å². The van der Waals surface area contributed by atoms with E-state index >= 15 is 0 Å². The number of methoxy groups -OCH3 is 1. The van der Waals surface area contributed by atoms with Gasteiger partial charge in [0.25, 0.3) is 0 Å². The Balaban J connectivity index is 1.41. The summed E-state index contributed by atoms with van der Waals surface area (Å²) in [6, 6.07) is 12.3. The van der Waals surface area contributed by atoms with Crippen LogP contribution in [0.3, 0.4) is 0 Å². The molecule has 2 unspecified atom stereocenters. The van der Waals surface area contributed by atoms with E-state index in [2.05, 4.69) is 0 Å². The standard InChI is InChI=1S/C22H23FN2O5S/c1-29-18-8-5-16(6-9-18)7-10-22(26)24-12-19-14-25(15-20(13-24)30-19)31(27,28)21-4-2-3-17(23)11-21/h2-11,19-20H,12-15H2,1H3. The Labute approximate surface area is 180 Å². The highest BCUT2D eigenvalue weighted by atomic mass is 32.2. The van der Waals surface area contributed by atoms with E-state index in [0.717, 1.165) is 17.4 Å². The summed E-state index contributed by atoms with van der Waals surface area (Å²) in [5.41, 5.74) is 0.870. The molecule has 2 bridgehead atoms. The highest BCUT2D eigenvalue weighted by molar-refractivity contribution is 7.89. The molecule has 164 valence electrons. The van der Waals surface area contributed by atoms with E-state index in [1.165, 1.54) is 28.6 Å². The van der Waals surface area contributed by atoms with Gasteiger partial charge in [-0.05, 0) is 42.0 Å². The lowest BCUT2D eigenvalue weighted by Gasteiger charge is -2.44. The first-order chi connectivity index (χ1) is 14.8. The van der Waals surface area contributed by atoms with Gasteiger partial charge in [-0.3, -0.25) is 4.79 Å². The van der Waals surface area contributed by atoms with Crippen molar-refractivity contribution in [3.8, 4) is 5.75 Å². The van der Waals surface area contributed by atoms with Crippen LogP contribution in [0.15, 0.2) is 59.5 Å². The van der Waals surface area contributed by atoms with Gasteiger partial charge in [0.05, 0.1) is 24.2 Å².